The van der Waals surface area contributed by atoms with Crippen molar-refractivity contribution in [2.24, 2.45) is 0 Å². The van der Waals surface area contributed by atoms with Gasteiger partial charge in [-0.1, -0.05) is 44.7 Å². The number of ether oxygens (including phenoxy) is 2. The highest BCUT2D eigenvalue weighted by atomic mass is 16.5. The fourth-order valence-corrected chi connectivity index (χ4v) is 2.06. The molecule has 122 valence electrons. The summed E-state index contributed by atoms with van der Waals surface area (Å²) >= 11 is 0. The molecule has 0 N–H and O–H groups in total. The number of benzene rings is 1. The summed E-state index contributed by atoms with van der Waals surface area (Å²) in [5, 5.41) is 0. The number of hydrogen-bond acceptors (Lipinski definition) is 4. The molecule has 0 unspecified atom stereocenters. The van der Waals surface area contributed by atoms with Crippen LogP contribution in [-0.4, -0.2) is 24.6 Å². The zero-order valence-electron chi connectivity index (χ0n) is 13.8. The van der Waals surface area contributed by atoms with Crippen LogP contribution in [0, 0.1) is 0 Å². The number of unbranched alkanes of at least 4 members (excludes halogenated alkanes) is 4. The van der Waals surface area contributed by atoms with Gasteiger partial charge in [0.1, 0.15) is 0 Å². The van der Waals surface area contributed by atoms with Gasteiger partial charge in [0.15, 0.2) is 0 Å². The number of carbonyl (C=O) groups excluding carboxylic acids is 2. The van der Waals surface area contributed by atoms with Crippen molar-refractivity contribution in [2.75, 3.05) is 6.61 Å². The summed E-state index contributed by atoms with van der Waals surface area (Å²) in [7, 11) is 0. The summed E-state index contributed by atoms with van der Waals surface area (Å²) in [5.41, 5.74) is 0.522. The first-order valence-corrected chi connectivity index (χ1v) is 8.03. The van der Waals surface area contributed by atoms with Crippen molar-refractivity contribution in [3.63, 3.8) is 0 Å². The predicted molar refractivity (Wildman–Crippen MR) is 86.0 cm³/mol. The standard InChI is InChI=1S/C18H26O4/c1-4-5-6-7-10-13-21-17(19)15-11-8-9-12-16(15)18(20)22-14(2)3/h8-9,11-12,14H,4-7,10,13H2,1-3H3. The topological polar surface area (TPSA) is 52.6 Å². The van der Waals surface area contributed by atoms with Crippen molar-refractivity contribution in [3.8, 4) is 0 Å². The molecule has 0 fully saturated rings. The van der Waals surface area contributed by atoms with Crippen LogP contribution < -0.4 is 0 Å². The summed E-state index contributed by atoms with van der Waals surface area (Å²) in [5.74, 6) is -0.961. The summed E-state index contributed by atoms with van der Waals surface area (Å²) in [6, 6.07) is 6.60. The van der Waals surface area contributed by atoms with Crippen molar-refractivity contribution in [1.29, 1.82) is 0 Å². The van der Waals surface area contributed by atoms with Crippen LogP contribution in [0.4, 0.5) is 0 Å². The van der Waals surface area contributed by atoms with Gasteiger partial charge >= 0.3 is 11.9 Å². The van der Waals surface area contributed by atoms with Crippen LogP contribution in [0.2, 0.25) is 0 Å². The van der Waals surface area contributed by atoms with Crippen LogP contribution in [0.3, 0.4) is 0 Å². The van der Waals surface area contributed by atoms with E-state index in [-0.39, 0.29) is 17.2 Å². The molecule has 0 aromatic heterocycles. The average Bonchev–Trinajstić information content (AvgIpc) is 2.50. The van der Waals surface area contributed by atoms with Crippen molar-refractivity contribution in [2.45, 2.75) is 59.0 Å². The molecule has 1 rings (SSSR count). The van der Waals surface area contributed by atoms with Gasteiger partial charge in [0, 0.05) is 0 Å². The molecule has 0 aliphatic rings. The molecule has 4 heteroatoms. The second-order valence-corrected chi connectivity index (χ2v) is 5.55. The lowest BCUT2D eigenvalue weighted by Gasteiger charge is -2.11. The molecule has 1 aromatic rings. The van der Waals surface area contributed by atoms with Gasteiger partial charge in [-0.2, -0.15) is 0 Å². The minimum atomic E-state index is -0.495. The van der Waals surface area contributed by atoms with E-state index in [0.29, 0.717) is 6.61 Å². The second-order valence-electron chi connectivity index (χ2n) is 5.55. The average molecular weight is 306 g/mol. The van der Waals surface area contributed by atoms with Gasteiger partial charge in [0.2, 0.25) is 0 Å². The van der Waals surface area contributed by atoms with E-state index in [1.54, 1.807) is 38.1 Å². The van der Waals surface area contributed by atoms with Crippen LogP contribution in [0.25, 0.3) is 0 Å². The smallest absolute Gasteiger partial charge is 0.339 e. The van der Waals surface area contributed by atoms with Gasteiger partial charge in [-0.3, -0.25) is 0 Å². The first-order valence-electron chi connectivity index (χ1n) is 8.03. The maximum atomic E-state index is 12.1. The van der Waals surface area contributed by atoms with Crippen LogP contribution in [-0.2, 0) is 9.47 Å². The fraction of sp³-hybridized carbons (Fsp3) is 0.556. The lowest BCUT2D eigenvalue weighted by molar-refractivity contribution is 0.0360. The highest BCUT2D eigenvalue weighted by Gasteiger charge is 2.19. The number of esters is 2. The molecule has 22 heavy (non-hydrogen) atoms. The van der Waals surface area contributed by atoms with Crippen molar-refractivity contribution in [1.82, 2.24) is 0 Å². The first-order chi connectivity index (χ1) is 10.6. The van der Waals surface area contributed by atoms with Crippen LogP contribution in [0.15, 0.2) is 24.3 Å². The zero-order valence-corrected chi connectivity index (χ0v) is 13.8. The summed E-state index contributed by atoms with van der Waals surface area (Å²) in [4.78, 5) is 24.1. The monoisotopic (exact) mass is 306 g/mol. The molecule has 0 aliphatic carbocycles. The highest BCUT2D eigenvalue weighted by Crippen LogP contribution is 2.13. The molecule has 0 saturated carbocycles. The Kier molecular flexibility index (Phi) is 8.26. The van der Waals surface area contributed by atoms with Gasteiger partial charge < -0.3 is 9.47 Å². The Morgan fingerprint density at radius 2 is 1.55 bits per heavy atom. The summed E-state index contributed by atoms with van der Waals surface area (Å²) in [6.45, 7) is 6.09. The van der Waals surface area contributed by atoms with E-state index < -0.39 is 11.9 Å². The maximum Gasteiger partial charge on any atom is 0.339 e. The predicted octanol–water partition coefficient (Wildman–Crippen LogP) is 4.38. The highest BCUT2D eigenvalue weighted by molar-refractivity contribution is 6.03. The third kappa shape index (κ3) is 6.29. The Morgan fingerprint density at radius 1 is 0.955 bits per heavy atom. The van der Waals surface area contributed by atoms with Gasteiger partial charge in [0.05, 0.1) is 23.8 Å². The van der Waals surface area contributed by atoms with Gasteiger partial charge in [-0.15, -0.1) is 0 Å². The van der Waals surface area contributed by atoms with E-state index in [4.69, 9.17) is 9.47 Å². The Balaban J connectivity index is 2.56. The molecule has 0 atom stereocenters. The second kappa shape index (κ2) is 9.98. The third-order valence-electron chi connectivity index (χ3n) is 3.19. The minimum Gasteiger partial charge on any atom is -0.462 e. The van der Waals surface area contributed by atoms with Crippen LogP contribution in [0.5, 0.6) is 0 Å². The lowest BCUT2D eigenvalue weighted by Crippen LogP contribution is -2.17. The Labute approximate surface area is 132 Å². The Morgan fingerprint density at radius 3 is 2.14 bits per heavy atom. The molecule has 0 spiro atoms. The molecule has 0 amide bonds. The molecular formula is C18H26O4. The van der Waals surface area contributed by atoms with Crippen LogP contribution >= 0.6 is 0 Å². The molecule has 0 aliphatic heterocycles. The van der Waals surface area contributed by atoms with Gasteiger partial charge in [-0.25, -0.2) is 9.59 Å². The Bertz CT molecular complexity index is 480. The van der Waals surface area contributed by atoms with E-state index in [9.17, 15) is 9.59 Å². The first kappa shape index (κ1) is 18.2. The van der Waals surface area contributed by atoms with E-state index in [1.807, 2.05) is 0 Å². The van der Waals surface area contributed by atoms with Crippen molar-refractivity contribution < 1.29 is 19.1 Å². The number of carbonyl (C=O) groups is 2. The molecule has 4 nitrogen and oxygen atoms in total. The van der Waals surface area contributed by atoms with Crippen molar-refractivity contribution in [3.05, 3.63) is 35.4 Å². The van der Waals surface area contributed by atoms with Crippen molar-refractivity contribution >= 4 is 11.9 Å². The third-order valence-corrected chi connectivity index (χ3v) is 3.19. The molecule has 0 bridgehead atoms. The zero-order chi connectivity index (χ0) is 16.4. The maximum absolute atomic E-state index is 12.1. The molecule has 0 heterocycles. The molecule has 0 radical (unpaired) electrons. The van der Waals surface area contributed by atoms with Crippen LogP contribution in [0.1, 0.15) is 73.6 Å². The van der Waals surface area contributed by atoms with Gasteiger partial charge in [0.25, 0.3) is 0 Å². The summed E-state index contributed by atoms with van der Waals surface area (Å²) in [6.07, 6.45) is 5.23. The molecular weight excluding hydrogens is 280 g/mol. The van der Waals surface area contributed by atoms with E-state index >= 15 is 0 Å². The largest absolute Gasteiger partial charge is 0.462 e. The van der Waals surface area contributed by atoms with E-state index in [1.165, 1.54) is 12.8 Å². The Hall–Kier alpha value is -1.84. The SMILES string of the molecule is CCCCCCCOC(=O)c1ccccc1C(=O)OC(C)C. The van der Waals surface area contributed by atoms with E-state index in [0.717, 1.165) is 19.3 Å². The van der Waals surface area contributed by atoms with E-state index in [2.05, 4.69) is 6.92 Å². The number of hydrogen-bond donors (Lipinski definition) is 0. The fourth-order valence-electron chi connectivity index (χ4n) is 2.06. The molecule has 1 aromatic carbocycles. The quantitative estimate of drug-likeness (QED) is 0.502. The molecule has 0 saturated heterocycles. The minimum absolute atomic E-state index is 0.227. The number of rotatable bonds is 9. The summed E-state index contributed by atoms with van der Waals surface area (Å²) < 4.78 is 10.4. The normalized spacial score (nSPS) is 10.5. The lowest BCUT2D eigenvalue weighted by atomic mass is 10.1. The van der Waals surface area contributed by atoms with Gasteiger partial charge in [-0.05, 0) is 32.4 Å².